The van der Waals surface area contributed by atoms with Crippen LogP contribution in [0.1, 0.15) is 81.4 Å². The fraction of sp³-hybridized carbons (Fsp3) is 0.700. The monoisotopic (exact) mass is 303 g/mol. The summed E-state index contributed by atoms with van der Waals surface area (Å²) in [5.41, 5.74) is 8.38. The van der Waals surface area contributed by atoms with Crippen LogP contribution >= 0.6 is 0 Å². The van der Waals surface area contributed by atoms with Crippen LogP contribution in [0.3, 0.4) is 0 Å². The Labute approximate surface area is 136 Å². The summed E-state index contributed by atoms with van der Waals surface area (Å²) in [5, 5.41) is 0. The molecule has 2 heteroatoms. The van der Waals surface area contributed by atoms with Crippen molar-refractivity contribution in [2.45, 2.75) is 76.7 Å². The molecule has 22 heavy (non-hydrogen) atoms. The smallest absolute Gasteiger partial charge is 0.0868 e. The van der Waals surface area contributed by atoms with Crippen LogP contribution in [0.15, 0.2) is 24.3 Å². The van der Waals surface area contributed by atoms with Crippen molar-refractivity contribution in [1.29, 1.82) is 0 Å². The molecule has 124 valence electrons. The van der Waals surface area contributed by atoms with E-state index in [4.69, 9.17) is 10.5 Å². The summed E-state index contributed by atoms with van der Waals surface area (Å²) < 4.78 is 5.98. The number of rotatable bonds is 13. The standard InChI is InChI=1S/C20H33NO/c21-15-11-7-5-3-1-2-4-6-8-12-16-22-20-17-18-13-9-10-14-19(18)20/h9-10,13-14,20H,1-8,11-12,15-17,21H2. The maximum atomic E-state index is 5.98. The van der Waals surface area contributed by atoms with Gasteiger partial charge in [0.15, 0.2) is 0 Å². The van der Waals surface area contributed by atoms with Gasteiger partial charge in [0, 0.05) is 13.0 Å². The molecule has 0 amide bonds. The van der Waals surface area contributed by atoms with E-state index in [1.807, 2.05) is 0 Å². The highest BCUT2D eigenvalue weighted by molar-refractivity contribution is 5.37. The van der Waals surface area contributed by atoms with Crippen molar-refractivity contribution in [2.24, 2.45) is 5.73 Å². The Morgan fingerprint density at radius 3 is 2.05 bits per heavy atom. The van der Waals surface area contributed by atoms with E-state index in [-0.39, 0.29) is 0 Å². The number of unbranched alkanes of at least 4 members (excludes halogenated alkanes) is 9. The molecule has 1 aliphatic rings. The van der Waals surface area contributed by atoms with Crippen molar-refractivity contribution >= 4 is 0 Å². The molecule has 1 aromatic carbocycles. The molecule has 0 spiro atoms. The van der Waals surface area contributed by atoms with Gasteiger partial charge >= 0.3 is 0 Å². The summed E-state index contributed by atoms with van der Waals surface area (Å²) in [6.07, 6.45) is 14.9. The van der Waals surface area contributed by atoms with Gasteiger partial charge in [-0.2, -0.15) is 0 Å². The van der Waals surface area contributed by atoms with Crippen LogP contribution in [0.4, 0.5) is 0 Å². The fourth-order valence-corrected chi connectivity index (χ4v) is 3.25. The van der Waals surface area contributed by atoms with Gasteiger partial charge in [0.25, 0.3) is 0 Å². The van der Waals surface area contributed by atoms with Crippen LogP contribution in [-0.2, 0) is 11.2 Å². The Morgan fingerprint density at radius 2 is 1.41 bits per heavy atom. The fourth-order valence-electron chi connectivity index (χ4n) is 3.25. The first-order valence-electron chi connectivity index (χ1n) is 9.31. The van der Waals surface area contributed by atoms with Gasteiger partial charge in [-0.3, -0.25) is 0 Å². The minimum absolute atomic E-state index is 0.379. The molecule has 0 radical (unpaired) electrons. The number of benzene rings is 1. The van der Waals surface area contributed by atoms with Crippen LogP contribution in [0.5, 0.6) is 0 Å². The van der Waals surface area contributed by atoms with E-state index >= 15 is 0 Å². The highest BCUT2D eigenvalue weighted by atomic mass is 16.5. The van der Waals surface area contributed by atoms with Gasteiger partial charge in [-0.15, -0.1) is 0 Å². The van der Waals surface area contributed by atoms with Gasteiger partial charge in [-0.1, -0.05) is 75.6 Å². The van der Waals surface area contributed by atoms with E-state index in [2.05, 4.69) is 24.3 Å². The van der Waals surface area contributed by atoms with E-state index in [1.165, 1.54) is 75.3 Å². The van der Waals surface area contributed by atoms with E-state index in [0.717, 1.165) is 19.6 Å². The average Bonchev–Trinajstić information content (AvgIpc) is 2.52. The average molecular weight is 303 g/mol. The topological polar surface area (TPSA) is 35.2 Å². The highest BCUT2D eigenvalue weighted by Gasteiger charge is 2.25. The summed E-state index contributed by atoms with van der Waals surface area (Å²) in [6.45, 7) is 1.78. The third kappa shape index (κ3) is 6.10. The number of fused-ring (bicyclic) bond motifs is 1. The summed E-state index contributed by atoms with van der Waals surface area (Å²) in [5.74, 6) is 0. The van der Waals surface area contributed by atoms with E-state index in [0.29, 0.717) is 6.10 Å². The Bertz CT molecular complexity index is 404. The molecule has 1 atom stereocenters. The molecule has 0 bridgehead atoms. The van der Waals surface area contributed by atoms with E-state index in [1.54, 1.807) is 0 Å². The van der Waals surface area contributed by atoms with Crippen molar-refractivity contribution in [1.82, 2.24) is 0 Å². The van der Waals surface area contributed by atoms with Crippen molar-refractivity contribution in [3.05, 3.63) is 35.4 Å². The maximum Gasteiger partial charge on any atom is 0.0868 e. The summed E-state index contributed by atoms with van der Waals surface area (Å²) in [7, 11) is 0. The molecular weight excluding hydrogens is 270 g/mol. The SMILES string of the molecule is NCCCCCCCCCCCCOC1Cc2ccccc21. The van der Waals surface area contributed by atoms with Crippen LogP contribution in [0.2, 0.25) is 0 Å². The first kappa shape index (κ1) is 17.5. The second kappa shape index (κ2) is 10.8. The minimum Gasteiger partial charge on any atom is -0.373 e. The Balaban J connectivity index is 1.34. The molecule has 1 unspecified atom stereocenters. The Kier molecular flexibility index (Phi) is 8.59. The minimum atomic E-state index is 0.379. The Morgan fingerprint density at radius 1 is 0.818 bits per heavy atom. The molecule has 0 aromatic heterocycles. The largest absolute Gasteiger partial charge is 0.373 e. The lowest BCUT2D eigenvalue weighted by Crippen LogP contribution is -2.20. The van der Waals surface area contributed by atoms with Gasteiger partial charge in [-0.05, 0) is 30.5 Å². The Hall–Kier alpha value is -0.860. The van der Waals surface area contributed by atoms with E-state index in [9.17, 15) is 0 Å². The van der Waals surface area contributed by atoms with Gasteiger partial charge in [0.1, 0.15) is 0 Å². The molecule has 1 aromatic rings. The molecule has 0 aliphatic heterocycles. The molecule has 0 heterocycles. The normalized spacial score (nSPS) is 16.3. The second-order valence-corrected chi connectivity index (χ2v) is 6.59. The van der Waals surface area contributed by atoms with Gasteiger partial charge in [0.2, 0.25) is 0 Å². The van der Waals surface area contributed by atoms with Crippen LogP contribution < -0.4 is 5.73 Å². The molecule has 2 rings (SSSR count). The van der Waals surface area contributed by atoms with Crippen molar-refractivity contribution in [2.75, 3.05) is 13.2 Å². The molecule has 1 aliphatic carbocycles. The summed E-state index contributed by atoms with van der Waals surface area (Å²) in [6, 6.07) is 8.65. The van der Waals surface area contributed by atoms with Gasteiger partial charge < -0.3 is 10.5 Å². The zero-order chi connectivity index (χ0) is 15.5. The van der Waals surface area contributed by atoms with Crippen molar-refractivity contribution in [3.63, 3.8) is 0 Å². The highest BCUT2D eigenvalue weighted by Crippen LogP contribution is 2.35. The second-order valence-electron chi connectivity index (χ2n) is 6.59. The zero-order valence-electron chi connectivity index (χ0n) is 14.1. The van der Waals surface area contributed by atoms with Crippen LogP contribution in [0, 0.1) is 0 Å². The van der Waals surface area contributed by atoms with E-state index < -0.39 is 0 Å². The molecule has 0 fully saturated rings. The third-order valence-corrected chi connectivity index (χ3v) is 4.72. The number of nitrogens with two attached hydrogens (primary N) is 1. The summed E-state index contributed by atoms with van der Waals surface area (Å²) >= 11 is 0. The predicted octanol–water partition coefficient (Wildman–Crippen LogP) is 5.16. The lowest BCUT2D eigenvalue weighted by Gasteiger charge is -2.29. The molecule has 0 saturated heterocycles. The zero-order valence-corrected chi connectivity index (χ0v) is 14.1. The van der Waals surface area contributed by atoms with Crippen LogP contribution in [-0.4, -0.2) is 13.2 Å². The summed E-state index contributed by atoms with van der Waals surface area (Å²) in [4.78, 5) is 0. The van der Waals surface area contributed by atoms with Crippen molar-refractivity contribution < 1.29 is 4.74 Å². The lowest BCUT2D eigenvalue weighted by molar-refractivity contribution is 0.0345. The lowest BCUT2D eigenvalue weighted by atomic mass is 9.85. The molecule has 2 N–H and O–H groups in total. The quantitative estimate of drug-likeness (QED) is 0.511. The first-order valence-corrected chi connectivity index (χ1v) is 9.31. The number of ether oxygens (including phenoxy) is 1. The maximum absolute atomic E-state index is 5.98. The molecule has 0 saturated carbocycles. The van der Waals surface area contributed by atoms with Gasteiger partial charge in [-0.25, -0.2) is 0 Å². The molecular formula is C20H33NO. The molecule has 2 nitrogen and oxygen atoms in total. The van der Waals surface area contributed by atoms with Crippen LogP contribution in [0.25, 0.3) is 0 Å². The number of hydrogen-bond acceptors (Lipinski definition) is 2. The third-order valence-electron chi connectivity index (χ3n) is 4.72. The van der Waals surface area contributed by atoms with Crippen molar-refractivity contribution in [3.8, 4) is 0 Å². The van der Waals surface area contributed by atoms with Gasteiger partial charge in [0.05, 0.1) is 6.10 Å². The predicted molar refractivity (Wildman–Crippen MR) is 94.1 cm³/mol. The number of hydrogen-bond donors (Lipinski definition) is 1. The first-order chi connectivity index (χ1) is 10.9.